The number of anilines is 1. The summed E-state index contributed by atoms with van der Waals surface area (Å²) in [4.78, 5) is 29.9. The first-order valence-corrected chi connectivity index (χ1v) is 19.8. The van der Waals surface area contributed by atoms with E-state index in [1.165, 1.54) is 34.7 Å². The summed E-state index contributed by atoms with van der Waals surface area (Å²) in [6.07, 6.45) is 10.3. The molecular weight excluding hydrogens is 683 g/mol. The van der Waals surface area contributed by atoms with Gasteiger partial charge in [0.1, 0.15) is 21.2 Å². The first-order chi connectivity index (χ1) is 25.0. The number of benzene rings is 2. The molecule has 52 heavy (non-hydrogen) atoms. The van der Waals surface area contributed by atoms with Crippen molar-refractivity contribution in [3.8, 4) is 11.6 Å². The number of amides is 2. The zero-order valence-corrected chi connectivity index (χ0v) is 31.4. The van der Waals surface area contributed by atoms with Crippen LogP contribution in [-0.4, -0.2) is 84.8 Å². The summed E-state index contributed by atoms with van der Waals surface area (Å²) < 4.78 is 46.6. The van der Waals surface area contributed by atoms with E-state index in [4.69, 9.17) is 18.9 Å². The van der Waals surface area contributed by atoms with Crippen LogP contribution in [0.25, 0.3) is 0 Å². The van der Waals surface area contributed by atoms with E-state index >= 15 is 0 Å². The number of ether oxygens (including phenoxy) is 4. The molecule has 13 heteroatoms. The predicted octanol–water partition coefficient (Wildman–Crippen LogP) is 5.18. The average molecular weight is 732 g/mol. The summed E-state index contributed by atoms with van der Waals surface area (Å²) >= 11 is 0. The van der Waals surface area contributed by atoms with Crippen LogP contribution in [-0.2, 0) is 38.3 Å². The first-order valence-electron chi connectivity index (χ1n) is 18.1. The molecule has 1 fully saturated rings. The summed E-state index contributed by atoms with van der Waals surface area (Å²) in [6, 6.07) is 12.1. The van der Waals surface area contributed by atoms with Gasteiger partial charge in [0.05, 0.1) is 37.4 Å². The van der Waals surface area contributed by atoms with E-state index in [1.807, 2.05) is 24.3 Å². The van der Waals surface area contributed by atoms with Crippen molar-refractivity contribution in [2.45, 2.75) is 63.1 Å². The van der Waals surface area contributed by atoms with Crippen molar-refractivity contribution in [3.63, 3.8) is 0 Å². The van der Waals surface area contributed by atoms with Gasteiger partial charge in [-0.05, 0) is 86.6 Å². The number of methoxy groups -OCH3 is 3. The molecule has 0 saturated heterocycles. The minimum atomic E-state index is -3.66. The van der Waals surface area contributed by atoms with Crippen LogP contribution in [0.4, 0.5) is 5.69 Å². The number of aryl methyl sites for hydroxylation is 3. The maximum atomic E-state index is 14.6. The van der Waals surface area contributed by atoms with Crippen molar-refractivity contribution in [3.05, 3.63) is 82.6 Å². The van der Waals surface area contributed by atoms with E-state index in [0.29, 0.717) is 18.3 Å². The summed E-state index contributed by atoms with van der Waals surface area (Å²) in [7, 11) is 2.71. The van der Waals surface area contributed by atoms with Crippen LogP contribution in [0.15, 0.2) is 59.1 Å². The van der Waals surface area contributed by atoms with Gasteiger partial charge in [-0.3, -0.25) is 19.0 Å². The number of nitrogens with one attached hydrogen (secondary N) is 1. The molecule has 2 aromatic carbocycles. The predicted molar refractivity (Wildman–Crippen MR) is 199 cm³/mol. The molecule has 278 valence electrons. The topological polar surface area (TPSA) is 134 Å². The zero-order valence-electron chi connectivity index (χ0n) is 30.6. The monoisotopic (exact) mass is 731 g/mol. The molecule has 1 spiro atoms. The Labute approximate surface area is 306 Å². The van der Waals surface area contributed by atoms with Gasteiger partial charge in [-0.15, -0.1) is 9.46 Å². The largest absolute Gasteiger partial charge is 0.490 e. The van der Waals surface area contributed by atoms with Crippen molar-refractivity contribution in [2.75, 3.05) is 51.7 Å². The van der Waals surface area contributed by atoms with Gasteiger partial charge in [-0.1, -0.05) is 35.9 Å². The van der Waals surface area contributed by atoms with Crippen molar-refractivity contribution >= 4 is 27.4 Å². The number of hydrogen-bond donors (Lipinski definition) is 1. The highest BCUT2D eigenvalue weighted by Crippen LogP contribution is 2.47. The molecule has 3 heterocycles. The molecule has 3 aromatic rings. The van der Waals surface area contributed by atoms with Crippen molar-refractivity contribution in [1.29, 1.82) is 0 Å². The van der Waals surface area contributed by atoms with E-state index in [1.54, 1.807) is 27.3 Å². The number of fused-ring (bicyclic) bond motifs is 4. The number of hydrogen-bond acceptors (Lipinski definition) is 9. The number of aromatic nitrogens is 2. The highest BCUT2D eigenvalue weighted by Gasteiger charge is 2.44. The summed E-state index contributed by atoms with van der Waals surface area (Å²) in [5, 5.41) is 4.14. The van der Waals surface area contributed by atoms with E-state index in [9.17, 15) is 13.8 Å². The van der Waals surface area contributed by atoms with Crippen LogP contribution < -0.4 is 19.1 Å². The maximum absolute atomic E-state index is 14.6. The van der Waals surface area contributed by atoms with Crippen molar-refractivity contribution in [1.82, 2.24) is 14.5 Å². The van der Waals surface area contributed by atoms with Gasteiger partial charge in [-0.25, -0.2) is 4.21 Å². The Morgan fingerprint density at radius 3 is 2.67 bits per heavy atom. The Kier molecular flexibility index (Phi) is 10.2. The van der Waals surface area contributed by atoms with Gasteiger partial charge >= 0.3 is 0 Å². The van der Waals surface area contributed by atoms with Crippen LogP contribution in [0.3, 0.4) is 0 Å². The lowest BCUT2D eigenvalue weighted by atomic mass is 9.68. The molecule has 2 aliphatic heterocycles. The van der Waals surface area contributed by atoms with Gasteiger partial charge in [0.25, 0.3) is 11.8 Å². The average Bonchev–Trinajstić information content (AvgIpc) is 3.44. The molecule has 2 aliphatic carbocycles. The van der Waals surface area contributed by atoms with E-state index in [-0.39, 0.29) is 46.6 Å². The third-order valence-electron chi connectivity index (χ3n) is 11.3. The lowest BCUT2D eigenvalue weighted by Crippen LogP contribution is -2.49. The Balaban J connectivity index is 1.31. The lowest BCUT2D eigenvalue weighted by Gasteiger charge is -2.46. The first kappa shape index (κ1) is 36.2. The molecule has 0 radical (unpaired) electrons. The summed E-state index contributed by atoms with van der Waals surface area (Å²) in [5.74, 6) is -0.129. The minimum absolute atomic E-state index is 0.0690. The zero-order chi connectivity index (χ0) is 36.6. The molecule has 4 aliphatic rings. The smallest absolute Gasteiger partial charge is 0.286 e. The summed E-state index contributed by atoms with van der Waals surface area (Å²) in [6.45, 7) is 4.16. The Hall–Kier alpha value is -4.20. The van der Waals surface area contributed by atoms with Crippen LogP contribution in [0.1, 0.15) is 69.5 Å². The highest BCUT2D eigenvalue weighted by atomic mass is 32.2. The third-order valence-corrected chi connectivity index (χ3v) is 13.1. The van der Waals surface area contributed by atoms with Crippen molar-refractivity contribution in [2.24, 2.45) is 23.2 Å². The fourth-order valence-electron chi connectivity index (χ4n) is 8.42. The van der Waals surface area contributed by atoms with Crippen LogP contribution in [0, 0.1) is 18.8 Å². The Morgan fingerprint density at radius 2 is 1.92 bits per heavy atom. The van der Waals surface area contributed by atoms with Gasteiger partial charge in [-0.2, -0.15) is 0 Å². The number of carbonyl (C=O) groups excluding carboxylic acids is 2. The van der Waals surface area contributed by atoms with Crippen LogP contribution in [0.5, 0.6) is 11.6 Å². The molecule has 1 aromatic heterocycles. The minimum Gasteiger partial charge on any atom is -0.490 e. The molecule has 2 amide bonds. The fourth-order valence-corrected chi connectivity index (χ4v) is 9.99. The van der Waals surface area contributed by atoms with E-state index < -0.39 is 27.8 Å². The molecule has 2 bridgehead atoms. The second kappa shape index (κ2) is 14.7. The Morgan fingerprint density at radius 1 is 1.08 bits per heavy atom. The fraction of sp³-hybridized carbons (Fsp3) is 0.513. The quantitative estimate of drug-likeness (QED) is 0.353. The highest BCUT2D eigenvalue weighted by molar-refractivity contribution is 7.92. The molecule has 1 unspecified atom stereocenters. The van der Waals surface area contributed by atoms with Gasteiger partial charge in [0.2, 0.25) is 5.88 Å². The SMILES string of the molecule is COc1nn(C)cc1C(=O)NS1(=O)=NC(=O)c2ccc3c(c2)N(C[C@@H]2CC[C@H]2[C@@H](OC)/C=C/[C@H](OC)CC1)C[C@@]1(CCCc2cc(C)ccc21)CO3. The van der Waals surface area contributed by atoms with Crippen LogP contribution in [0.2, 0.25) is 0 Å². The molecule has 12 nitrogen and oxygen atoms in total. The van der Waals surface area contributed by atoms with Gasteiger partial charge < -0.3 is 23.8 Å². The van der Waals surface area contributed by atoms with Gasteiger partial charge in [0.15, 0.2) is 0 Å². The molecule has 6 atom stereocenters. The lowest BCUT2D eigenvalue weighted by molar-refractivity contribution is 0.0124. The number of carbonyl (C=O) groups is 2. The maximum Gasteiger partial charge on any atom is 0.286 e. The Bertz CT molecular complexity index is 2000. The van der Waals surface area contributed by atoms with E-state index in [2.05, 4.69) is 44.2 Å². The summed E-state index contributed by atoms with van der Waals surface area (Å²) in [5.41, 5.74) is 4.90. The molecular formula is C39H49N5O7S. The standard InChI is InChI=1S/C39H49N5O7S/c1-25-8-13-32-26(19-25)7-6-17-39(32)23-44-21-28-9-12-30(28)34(49-4)15-11-29(48-3)16-18-52(47,42-37(46)31-22-43(2)40-38(31)50-5)41-36(45)27-10-14-35(51-24-39)33(44)20-27/h8,10-11,13-15,19-20,22,28-30,34H,6-7,9,12,16-18,21,23-24H2,1-5H3,(H,41,42,45,46,47)/b15-11+/t28-,29-,30+,34-,39-,52?/m0/s1. The third kappa shape index (κ3) is 7.10. The number of rotatable bonds is 5. The molecule has 7 rings (SSSR count). The normalized spacial score (nSPS) is 29.4. The molecule has 1 N–H and O–H groups in total. The second-order valence-corrected chi connectivity index (χ2v) is 16.8. The molecule has 1 saturated carbocycles. The second-order valence-electron chi connectivity index (χ2n) is 14.7. The number of nitrogens with zero attached hydrogens (tertiary/aromatic N) is 4. The van der Waals surface area contributed by atoms with Crippen LogP contribution >= 0.6 is 0 Å². The van der Waals surface area contributed by atoms with E-state index in [0.717, 1.165) is 50.9 Å². The van der Waals surface area contributed by atoms with Gasteiger partial charge in [0, 0.05) is 51.5 Å². The van der Waals surface area contributed by atoms with Crippen molar-refractivity contribution < 1.29 is 32.7 Å².